The standard InChI is InChI=1S/C19H17FN6O2/c1-12-4-2-5-13(11-26-19(28)21-23-24-26)17(12)18(27)16-8-9-25(22-16)15-7-3-6-14(20)10-15/h2-10,18,27H,11H2,1H3,(H,21,24,28). The largest absolute Gasteiger partial charge is 0.382 e. The van der Waals surface area contributed by atoms with Gasteiger partial charge in [-0.3, -0.25) is 0 Å². The van der Waals surface area contributed by atoms with Crippen LogP contribution in [0.2, 0.25) is 0 Å². The molecule has 0 aliphatic carbocycles. The minimum Gasteiger partial charge on any atom is -0.382 e. The van der Waals surface area contributed by atoms with Crippen LogP contribution in [-0.2, 0) is 6.54 Å². The molecule has 0 saturated carbocycles. The number of benzene rings is 2. The van der Waals surface area contributed by atoms with E-state index in [0.29, 0.717) is 16.9 Å². The molecule has 0 bridgehead atoms. The number of aliphatic hydroxyl groups excluding tert-OH is 1. The van der Waals surface area contributed by atoms with Gasteiger partial charge in [0.05, 0.1) is 17.9 Å². The Bertz CT molecular complexity index is 1180. The van der Waals surface area contributed by atoms with E-state index in [0.717, 1.165) is 11.1 Å². The van der Waals surface area contributed by atoms with E-state index in [1.54, 1.807) is 24.4 Å². The van der Waals surface area contributed by atoms with Gasteiger partial charge in [0.25, 0.3) is 0 Å². The number of aryl methyl sites for hydroxylation is 1. The molecule has 0 fully saturated rings. The average Bonchev–Trinajstić information content (AvgIpc) is 3.31. The maximum absolute atomic E-state index is 13.5. The van der Waals surface area contributed by atoms with E-state index in [1.807, 2.05) is 25.1 Å². The fourth-order valence-corrected chi connectivity index (χ4v) is 3.15. The molecule has 2 aromatic heterocycles. The molecule has 0 amide bonds. The van der Waals surface area contributed by atoms with Crippen LogP contribution in [0.25, 0.3) is 5.69 Å². The van der Waals surface area contributed by atoms with Gasteiger partial charge < -0.3 is 5.11 Å². The lowest BCUT2D eigenvalue weighted by Crippen LogP contribution is -2.20. The molecule has 0 radical (unpaired) electrons. The summed E-state index contributed by atoms with van der Waals surface area (Å²) in [4.78, 5) is 11.7. The zero-order chi connectivity index (χ0) is 19.7. The first-order chi connectivity index (χ1) is 13.5. The lowest BCUT2D eigenvalue weighted by atomic mass is 9.95. The number of hydrogen-bond acceptors (Lipinski definition) is 5. The minimum atomic E-state index is -1.02. The summed E-state index contributed by atoms with van der Waals surface area (Å²) < 4.78 is 16.1. The first-order valence-corrected chi connectivity index (χ1v) is 8.59. The van der Waals surface area contributed by atoms with Crippen LogP contribution in [-0.4, -0.2) is 35.1 Å². The summed E-state index contributed by atoms with van der Waals surface area (Å²) >= 11 is 0. The number of halogens is 1. The van der Waals surface area contributed by atoms with Crippen molar-refractivity contribution in [3.63, 3.8) is 0 Å². The first kappa shape index (κ1) is 17.8. The Morgan fingerprint density at radius 2 is 2.04 bits per heavy atom. The highest BCUT2D eigenvalue weighted by Gasteiger charge is 2.20. The molecule has 2 aromatic carbocycles. The second kappa shape index (κ2) is 7.20. The number of aliphatic hydroxyl groups is 1. The predicted octanol–water partition coefficient (Wildman–Crippen LogP) is 1.73. The van der Waals surface area contributed by atoms with Gasteiger partial charge in [-0.2, -0.15) is 9.78 Å². The zero-order valence-corrected chi connectivity index (χ0v) is 15.0. The molecule has 142 valence electrons. The number of tetrazole rings is 1. The van der Waals surface area contributed by atoms with Gasteiger partial charge in [-0.25, -0.2) is 19.0 Å². The molecular formula is C19H17FN6O2. The van der Waals surface area contributed by atoms with Crippen LogP contribution >= 0.6 is 0 Å². The predicted molar refractivity (Wildman–Crippen MR) is 98.5 cm³/mol. The van der Waals surface area contributed by atoms with E-state index in [-0.39, 0.29) is 12.4 Å². The number of aromatic amines is 1. The van der Waals surface area contributed by atoms with E-state index in [4.69, 9.17) is 0 Å². The van der Waals surface area contributed by atoms with Gasteiger partial charge >= 0.3 is 5.69 Å². The topological polar surface area (TPSA) is 102 Å². The third kappa shape index (κ3) is 3.35. The van der Waals surface area contributed by atoms with Crippen molar-refractivity contribution < 1.29 is 9.50 Å². The summed E-state index contributed by atoms with van der Waals surface area (Å²) in [5.41, 5.74) is 2.75. The number of H-pyrrole nitrogens is 1. The van der Waals surface area contributed by atoms with Crippen molar-refractivity contribution in [2.45, 2.75) is 19.6 Å². The highest BCUT2D eigenvalue weighted by atomic mass is 19.1. The van der Waals surface area contributed by atoms with Gasteiger partial charge in [-0.1, -0.05) is 24.3 Å². The molecule has 1 atom stereocenters. The molecule has 1 unspecified atom stereocenters. The maximum atomic E-state index is 13.5. The lowest BCUT2D eigenvalue weighted by molar-refractivity contribution is 0.212. The van der Waals surface area contributed by atoms with E-state index >= 15 is 0 Å². The number of aromatic nitrogens is 6. The third-order valence-electron chi connectivity index (χ3n) is 4.50. The Labute approximate surface area is 158 Å². The second-order valence-electron chi connectivity index (χ2n) is 6.38. The summed E-state index contributed by atoms with van der Waals surface area (Å²) in [6.45, 7) is 2.03. The number of nitrogens with one attached hydrogen (secondary N) is 1. The van der Waals surface area contributed by atoms with Gasteiger partial charge in [0, 0.05) is 6.20 Å². The Hall–Kier alpha value is -3.59. The molecule has 0 aliphatic rings. The average molecular weight is 380 g/mol. The molecule has 4 rings (SSSR count). The fraction of sp³-hybridized carbons (Fsp3) is 0.158. The van der Waals surface area contributed by atoms with Crippen molar-refractivity contribution >= 4 is 0 Å². The molecule has 28 heavy (non-hydrogen) atoms. The van der Waals surface area contributed by atoms with Crippen LogP contribution in [0, 0.1) is 12.7 Å². The van der Waals surface area contributed by atoms with Gasteiger partial charge in [0.2, 0.25) is 0 Å². The zero-order valence-electron chi connectivity index (χ0n) is 15.0. The van der Waals surface area contributed by atoms with Crippen molar-refractivity contribution in [3.8, 4) is 5.69 Å². The van der Waals surface area contributed by atoms with Crippen LogP contribution in [0.3, 0.4) is 0 Å². The van der Waals surface area contributed by atoms with Crippen LogP contribution in [0.15, 0.2) is 59.5 Å². The van der Waals surface area contributed by atoms with Crippen LogP contribution in [0.1, 0.15) is 28.5 Å². The molecule has 0 spiro atoms. The number of hydrogen-bond donors (Lipinski definition) is 2. The maximum Gasteiger partial charge on any atom is 0.361 e. The molecule has 2 heterocycles. The molecule has 2 N–H and O–H groups in total. The molecule has 8 nitrogen and oxygen atoms in total. The Kier molecular flexibility index (Phi) is 4.58. The van der Waals surface area contributed by atoms with Crippen LogP contribution in [0.4, 0.5) is 4.39 Å². The molecule has 0 saturated heterocycles. The van der Waals surface area contributed by atoms with Crippen LogP contribution in [0.5, 0.6) is 0 Å². The lowest BCUT2D eigenvalue weighted by Gasteiger charge is -2.16. The van der Waals surface area contributed by atoms with E-state index in [2.05, 4.69) is 20.6 Å². The number of rotatable bonds is 5. The van der Waals surface area contributed by atoms with Gasteiger partial charge in [-0.15, -0.1) is 0 Å². The Balaban J connectivity index is 1.70. The van der Waals surface area contributed by atoms with E-state index in [1.165, 1.54) is 21.5 Å². The first-order valence-electron chi connectivity index (χ1n) is 8.59. The summed E-state index contributed by atoms with van der Waals surface area (Å²) in [6, 6.07) is 13.2. The monoisotopic (exact) mass is 380 g/mol. The van der Waals surface area contributed by atoms with Crippen molar-refractivity contribution in [2.24, 2.45) is 0 Å². The summed E-state index contributed by atoms with van der Waals surface area (Å²) in [5, 5.41) is 24.8. The third-order valence-corrected chi connectivity index (χ3v) is 4.50. The fourth-order valence-electron chi connectivity index (χ4n) is 3.15. The van der Waals surface area contributed by atoms with Crippen LogP contribution < -0.4 is 5.69 Å². The quantitative estimate of drug-likeness (QED) is 0.549. The van der Waals surface area contributed by atoms with Crippen molar-refractivity contribution in [1.29, 1.82) is 0 Å². The smallest absolute Gasteiger partial charge is 0.361 e. The summed E-state index contributed by atoms with van der Waals surface area (Å²) in [6.07, 6.45) is 0.640. The van der Waals surface area contributed by atoms with Crippen molar-refractivity contribution in [3.05, 3.63) is 93.4 Å². The number of nitrogens with zero attached hydrogens (tertiary/aromatic N) is 5. The molecular weight excluding hydrogens is 363 g/mol. The molecule has 4 aromatic rings. The summed E-state index contributed by atoms with van der Waals surface area (Å²) in [5.74, 6) is -0.366. The van der Waals surface area contributed by atoms with Crippen molar-refractivity contribution in [1.82, 2.24) is 30.0 Å². The van der Waals surface area contributed by atoms with E-state index < -0.39 is 11.8 Å². The van der Waals surface area contributed by atoms with Gasteiger partial charge in [-0.05, 0) is 58.3 Å². The molecule has 0 aliphatic heterocycles. The van der Waals surface area contributed by atoms with Crippen molar-refractivity contribution in [2.75, 3.05) is 0 Å². The highest BCUT2D eigenvalue weighted by Crippen LogP contribution is 2.28. The van der Waals surface area contributed by atoms with Gasteiger partial charge in [0.1, 0.15) is 11.9 Å². The molecule has 9 heteroatoms. The normalized spacial score (nSPS) is 12.2. The van der Waals surface area contributed by atoms with E-state index in [9.17, 15) is 14.3 Å². The minimum absolute atomic E-state index is 0.161. The second-order valence-corrected chi connectivity index (χ2v) is 6.38. The van der Waals surface area contributed by atoms with Gasteiger partial charge in [0.15, 0.2) is 0 Å². The summed E-state index contributed by atoms with van der Waals surface area (Å²) in [7, 11) is 0. The SMILES string of the molecule is Cc1cccc(Cn2nn[nH]c2=O)c1C(O)c1ccn(-c2cccc(F)c2)n1. The highest BCUT2D eigenvalue weighted by molar-refractivity contribution is 5.40. The Morgan fingerprint density at radius 1 is 1.21 bits per heavy atom. The Morgan fingerprint density at radius 3 is 2.79 bits per heavy atom.